The topological polar surface area (TPSA) is 94.7 Å². The molecule has 3 aromatic heterocycles. The summed E-state index contributed by atoms with van der Waals surface area (Å²) in [5.74, 6) is -0.417. The van der Waals surface area contributed by atoms with Crippen LogP contribution in [0.3, 0.4) is 0 Å². The van der Waals surface area contributed by atoms with E-state index >= 15 is 0 Å². The third-order valence-corrected chi connectivity index (χ3v) is 8.13. The smallest absolute Gasteiger partial charge is 0.257 e. The van der Waals surface area contributed by atoms with Crippen molar-refractivity contribution in [3.05, 3.63) is 81.4 Å². The third-order valence-electron chi connectivity index (χ3n) is 6.74. The highest BCUT2D eigenvalue weighted by molar-refractivity contribution is 7.13. The molecule has 39 heavy (non-hydrogen) atoms. The number of anilines is 1. The van der Waals surface area contributed by atoms with Gasteiger partial charge in [-0.3, -0.25) is 14.8 Å². The molecule has 198 valence electrons. The number of rotatable bonds is 8. The average molecular weight is 583 g/mol. The van der Waals surface area contributed by atoms with Gasteiger partial charge in [-0.2, -0.15) is 5.10 Å². The standard InChI is InChI=1S/C27H21Cl2FN6O2S/c28-20-11-18(16-5-3-15(4-6-16)2-1-8-37)22(29)23-19(20)13-36(34-23)25(26(38)33-27-31-7-9-39-27)24-21-10-17(30)12-35(21)14-32-24/h3-9,11,13-14,17,25H,1-2,10,12H2,(H,31,33,38)/t17-,25?/m1/s1. The van der Waals surface area contributed by atoms with E-state index in [0.29, 0.717) is 55.9 Å². The van der Waals surface area contributed by atoms with Crippen molar-refractivity contribution in [1.82, 2.24) is 24.3 Å². The largest absolute Gasteiger partial charge is 0.331 e. The minimum absolute atomic E-state index is 0.158. The number of hydrogen-bond acceptors (Lipinski definition) is 6. The number of aromatic nitrogens is 5. The molecule has 0 fully saturated rings. The van der Waals surface area contributed by atoms with Crippen molar-refractivity contribution in [2.45, 2.75) is 38.0 Å². The van der Waals surface area contributed by atoms with Gasteiger partial charge in [0.15, 0.2) is 11.2 Å². The van der Waals surface area contributed by atoms with E-state index in [9.17, 15) is 14.0 Å². The number of nitrogens with one attached hydrogen (secondary N) is 1. The second-order valence-corrected chi connectivity index (χ2v) is 10.9. The molecule has 0 radical (unpaired) electrons. The maximum atomic E-state index is 14.2. The molecule has 2 aromatic carbocycles. The normalized spacial score (nSPS) is 15.4. The van der Waals surface area contributed by atoms with Crippen LogP contribution in [0.1, 0.15) is 29.4 Å². The number of benzene rings is 2. The van der Waals surface area contributed by atoms with Crippen molar-refractivity contribution in [2.24, 2.45) is 0 Å². The lowest BCUT2D eigenvalue weighted by Gasteiger charge is -2.16. The van der Waals surface area contributed by atoms with E-state index in [2.05, 4.69) is 15.3 Å². The number of carbonyl (C=O) groups excluding carboxylic acids is 2. The van der Waals surface area contributed by atoms with E-state index in [1.165, 1.54) is 16.0 Å². The lowest BCUT2D eigenvalue weighted by Crippen LogP contribution is -2.28. The maximum absolute atomic E-state index is 14.2. The van der Waals surface area contributed by atoms with Crippen LogP contribution in [0.4, 0.5) is 9.52 Å². The molecule has 1 aliphatic rings. The number of aryl methyl sites for hydroxylation is 1. The van der Waals surface area contributed by atoms with Gasteiger partial charge in [-0.25, -0.2) is 14.4 Å². The molecule has 4 heterocycles. The van der Waals surface area contributed by atoms with Crippen LogP contribution in [0, 0.1) is 0 Å². The molecule has 1 aliphatic heterocycles. The number of fused-ring (bicyclic) bond motifs is 2. The number of nitrogens with zero attached hydrogens (tertiary/aromatic N) is 5. The van der Waals surface area contributed by atoms with Crippen LogP contribution >= 0.6 is 34.5 Å². The number of imidazole rings is 1. The number of thiazole rings is 1. The molecule has 12 heteroatoms. The van der Waals surface area contributed by atoms with Crippen LogP contribution in [0.2, 0.25) is 10.0 Å². The third kappa shape index (κ3) is 4.84. The molecule has 0 aliphatic carbocycles. The summed E-state index contributed by atoms with van der Waals surface area (Å²) in [6, 6.07) is 8.50. The predicted octanol–water partition coefficient (Wildman–Crippen LogP) is 5.92. The summed E-state index contributed by atoms with van der Waals surface area (Å²) in [5.41, 5.74) is 4.05. The zero-order valence-corrected chi connectivity index (χ0v) is 22.7. The number of carbonyl (C=O) groups is 2. The molecule has 1 amide bonds. The van der Waals surface area contributed by atoms with Gasteiger partial charge >= 0.3 is 0 Å². The predicted molar refractivity (Wildman–Crippen MR) is 149 cm³/mol. The van der Waals surface area contributed by atoms with Crippen molar-refractivity contribution in [2.75, 3.05) is 5.32 Å². The average Bonchev–Trinajstić information content (AvgIpc) is 3.72. The van der Waals surface area contributed by atoms with Gasteiger partial charge in [-0.1, -0.05) is 47.5 Å². The summed E-state index contributed by atoms with van der Waals surface area (Å²) < 4.78 is 17.4. The molecule has 1 unspecified atom stereocenters. The van der Waals surface area contributed by atoms with Crippen molar-refractivity contribution < 1.29 is 14.0 Å². The number of halogens is 3. The molecular formula is C27H21Cl2FN6O2S. The first-order valence-electron chi connectivity index (χ1n) is 12.2. The van der Waals surface area contributed by atoms with Crippen LogP contribution in [-0.4, -0.2) is 42.7 Å². The zero-order chi connectivity index (χ0) is 27.1. The van der Waals surface area contributed by atoms with E-state index < -0.39 is 18.1 Å². The maximum Gasteiger partial charge on any atom is 0.257 e. The van der Waals surface area contributed by atoms with E-state index in [1.807, 2.05) is 24.3 Å². The highest BCUT2D eigenvalue weighted by Gasteiger charge is 2.34. The molecule has 0 saturated heterocycles. The Bertz CT molecular complexity index is 1680. The van der Waals surface area contributed by atoms with Crippen LogP contribution < -0.4 is 5.32 Å². The summed E-state index contributed by atoms with van der Waals surface area (Å²) in [5, 5.41) is 11.1. The Morgan fingerprint density at radius 3 is 2.82 bits per heavy atom. The van der Waals surface area contributed by atoms with Crippen molar-refractivity contribution >= 4 is 62.8 Å². The Morgan fingerprint density at radius 2 is 2.08 bits per heavy atom. The Hall–Kier alpha value is -3.60. The molecule has 6 rings (SSSR count). The van der Waals surface area contributed by atoms with Crippen LogP contribution in [0.15, 0.2) is 54.4 Å². The second-order valence-electron chi connectivity index (χ2n) is 9.25. The summed E-state index contributed by atoms with van der Waals surface area (Å²) >= 11 is 14.9. The van der Waals surface area contributed by atoms with Crippen LogP contribution in [0.5, 0.6) is 0 Å². The first-order chi connectivity index (χ1) is 18.9. The molecule has 0 spiro atoms. The number of aldehydes is 1. The molecule has 0 saturated carbocycles. The number of amides is 1. The lowest BCUT2D eigenvalue weighted by atomic mass is 10.0. The monoisotopic (exact) mass is 582 g/mol. The van der Waals surface area contributed by atoms with Gasteiger partial charge in [0.2, 0.25) is 0 Å². The SMILES string of the molecule is O=CCCc1ccc(-c2cc(Cl)c3cn(C(C(=O)Nc4nccs4)c4ncn5c4C[C@@H](F)C5)nc3c2Cl)cc1. The highest BCUT2D eigenvalue weighted by Crippen LogP contribution is 2.39. The van der Waals surface area contributed by atoms with E-state index in [4.69, 9.17) is 28.3 Å². The fourth-order valence-corrected chi connectivity index (χ4v) is 5.97. The van der Waals surface area contributed by atoms with Crippen molar-refractivity contribution in [3.8, 4) is 11.1 Å². The minimum Gasteiger partial charge on any atom is -0.331 e. The first-order valence-corrected chi connectivity index (χ1v) is 13.8. The van der Waals surface area contributed by atoms with Gasteiger partial charge in [-0.15, -0.1) is 11.3 Å². The minimum atomic E-state index is -1.04. The van der Waals surface area contributed by atoms with Gasteiger partial charge in [0.25, 0.3) is 5.91 Å². The zero-order valence-electron chi connectivity index (χ0n) is 20.4. The molecule has 1 N–H and O–H groups in total. The summed E-state index contributed by atoms with van der Waals surface area (Å²) in [6.45, 7) is 0.194. The van der Waals surface area contributed by atoms with Crippen molar-refractivity contribution in [1.29, 1.82) is 0 Å². The first kappa shape index (κ1) is 25.7. The van der Waals surface area contributed by atoms with E-state index in [-0.39, 0.29) is 13.0 Å². The summed E-state index contributed by atoms with van der Waals surface area (Å²) in [6.07, 6.45) is 5.93. The van der Waals surface area contributed by atoms with E-state index in [1.54, 1.807) is 34.7 Å². The Kier molecular flexibility index (Phi) is 6.92. The van der Waals surface area contributed by atoms with Crippen LogP contribution in [-0.2, 0) is 29.0 Å². The quantitative estimate of drug-likeness (QED) is 0.229. The molecule has 5 aromatic rings. The van der Waals surface area contributed by atoms with Gasteiger partial charge < -0.3 is 9.36 Å². The van der Waals surface area contributed by atoms with Gasteiger partial charge in [0.1, 0.15) is 18.0 Å². The van der Waals surface area contributed by atoms with Gasteiger partial charge in [0.05, 0.1) is 28.6 Å². The van der Waals surface area contributed by atoms with Gasteiger partial charge in [-0.05, 0) is 23.6 Å². The Balaban J connectivity index is 1.43. The van der Waals surface area contributed by atoms with E-state index in [0.717, 1.165) is 17.4 Å². The molecule has 2 atom stereocenters. The van der Waals surface area contributed by atoms with Crippen molar-refractivity contribution in [3.63, 3.8) is 0 Å². The summed E-state index contributed by atoms with van der Waals surface area (Å²) in [4.78, 5) is 32.9. The molecular weight excluding hydrogens is 562 g/mol. The lowest BCUT2D eigenvalue weighted by molar-refractivity contribution is -0.118. The highest BCUT2D eigenvalue weighted by atomic mass is 35.5. The number of alkyl halides is 1. The molecule has 0 bridgehead atoms. The Morgan fingerprint density at radius 1 is 1.26 bits per heavy atom. The summed E-state index contributed by atoms with van der Waals surface area (Å²) in [7, 11) is 0. The fourth-order valence-electron chi connectivity index (χ4n) is 4.89. The Labute approximate surface area is 236 Å². The molecule has 8 nitrogen and oxygen atoms in total. The second kappa shape index (κ2) is 10.5. The van der Waals surface area contributed by atoms with Gasteiger partial charge in [0, 0.05) is 47.3 Å². The number of hydrogen-bond donors (Lipinski definition) is 1. The van der Waals surface area contributed by atoms with Crippen LogP contribution in [0.25, 0.3) is 22.0 Å². The fraction of sp³-hybridized carbons (Fsp3) is 0.222.